The third kappa shape index (κ3) is 8.40. The number of ether oxygens (including phenoxy) is 1. The highest BCUT2D eigenvalue weighted by molar-refractivity contribution is 7.84. The molecular weight excluding hydrogens is 230 g/mol. The van der Waals surface area contributed by atoms with Gasteiger partial charge in [-0.05, 0) is 27.2 Å². The summed E-state index contributed by atoms with van der Waals surface area (Å²) in [4.78, 5) is 22.0. The second-order valence-corrected chi connectivity index (χ2v) is 6.01. The smallest absolute Gasteiger partial charge is 0.408 e. The minimum absolute atomic E-state index is 0.353. The van der Waals surface area contributed by atoms with Gasteiger partial charge in [0.05, 0.1) is 6.04 Å². The predicted molar refractivity (Wildman–Crippen MR) is 62.8 cm³/mol. The van der Waals surface area contributed by atoms with Crippen LogP contribution in [0.2, 0.25) is 0 Å². The topological polar surface area (TPSA) is 72.5 Å². The number of carbonyl (C=O) groups is 2. The Morgan fingerprint density at radius 1 is 1.50 bits per heavy atom. The normalized spacial score (nSPS) is 15.0. The number of hydrogen-bond donors (Lipinski definition) is 1. The van der Waals surface area contributed by atoms with Crippen molar-refractivity contribution in [3.05, 3.63) is 0 Å². The lowest BCUT2D eigenvalue weighted by atomic mass is 10.2. The molecule has 5 nitrogen and oxygen atoms in total. The summed E-state index contributed by atoms with van der Waals surface area (Å²) in [6.45, 7) is 5.22. The highest BCUT2D eigenvalue weighted by atomic mass is 32.2. The zero-order valence-corrected chi connectivity index (χ0v) is 10.9. The van der Waals surface area contributed by atoms with Gasteiger partial charge >= 0.3 is 6.09 Å². The molecule has 0 radical (unpaired) electrons. The fourth-order valence-electron chi connectivity index (χ4n) is 0.926. The van der Waals surface area contributed by atoms with Crippen LogP contribution in [0.3, 0.4) is 0 Å². The average Bonchev–Trinajstić information content (AvgIpc) is 2.08. The minimum atomic E-state index is -0.973. The van der Waals surface area contributed by atoms with Gasteiger partial charge in [-0.15, -0.1) is 0 Å². The molecule has 94 valence electrons. The van der Waals surface area contributed by atoms with Gasteiger partial charge in [0.25, 0.3) is 0 Å². The van der Waals surface area contributed by atoms with Crippen LogP contribution in [-0.2, 0) is 20.3 Å². The predicted octanol–water partition coefficient (Wildman–Crippen LogP) is 0.847. The molecule has 0 fully saturated rings. The molecule has 1 N–H and O–H groups in total. The van der Waals surface area contributed by atoms with Crippen LogP contribution in [-0.4, -0.2) is 40.2 Å². The first-order chi connectivity index (χ1) is 7.24. The summed E-state index contributed by atoms with van der Waals surface area (Å²) in [6, 6.07) is -0.640. The van der Waals surface area contributed by atoms with Gasteiger partial charge in [0.2, 0.25) is 0 Å². The molecule has 0 spiro atoms. The van der Waals surface area contributed by atoms with Crippen LogP contribution in [0.25, 0.3) is 0 Å². The zero-order valence-electron chi connectivity index (χ0n) is 10.1. The molecule has 0 aliphatic heterocycles. The molecule has 0 aromatic rings. The Kier molecular flexibility index (Phi) is 6.25. The first-order valence-electron chi connectivity index (χ1n) is 4.99. The highest BCUT2D eigenvalue weighted by Crippen LogP contribution is 2.06. The first kappa shape index (κ1) is 15.1. The van der Waals surface area contributed by atoms with Crippen LogP contribution in [0.15, 0.2) is 0 Å². The lowest BCUT2D eigenvalue weighted by Crippen LogP contribution is -2.40. The number of carbonyl (C=O) groups excluding carboxylic acids is 2. The molecular formula is C10H19NO4S. The lowest BCUT2D eigenvalue weighted by molar-refractivity contribution is -0.109. The zero-order chi connectivity index (χ0) is 12.8. The maximum atomic E-state index is 11.3. The Morgan fingerprint density at radius 3 is 2.44 bits per heavy atom. The van der Waals surface area contributed by atoms with Crippen LogP contribution < -0.4 is 5.32 Å². The van der Waals surface area contributed by atoms with Gasteiger partial charge in [0, 0.05) is 22.8 Å². The van der Waals surface area contributed by atoms with Gasteiger partial charge in [-0.2, -0.15) is 0 Å². The Balaban J connectivity index is 4.07. The van der Waals surface area contributed by atoms with Crippen molar-refractivity contribution in [1.82, 2.24) is 5.32 Å². The summed E-state index contributed by atoms with van der Waals surface area (Å²) in [5.41, 5.74) is -0.592. The van der Waals surface area contributed by atoms with Crippen LogP contribution in [0, 0.1) is 0 Å². The molecule has 0 bridgehead atoms. The van der Waals surface area contributed by atoms with Gasteiger partial charge < -0.3 is 14.8 Å². The summed E-state index contributed by atoms with van der Waals surface area (Å²) < 4.78 is 15.8. The number of aldehydes is 1. The van der Waals surface area contributed by atoms with Gasteiger partial charge in [-0.1, -0.05) is 0 Å². The van der Waals surface area contributed by atoms with Crippen molar-refractivity contribution in [1.29, 1.82) is 0 Å². The Labute approximate surface area is 98.4 Å². The molecule has 0 heterocycles. The molecule has 0 aliphatic carbocycles. The largest absolute Gasteiger partial charge is 0.444 e. The van der Waals surface area contributed by atoms with Crippen molar-refractivity contribution < 1.29 is 18.5 Å². The van der Waals surface area contributed by atoms with Crippen molar-refractivity contribution in [2.24, 2.45) is 0 Å². The Bertz CT molecular complexity index is 272. The molecule has 16 heavy (non-hydrogen) atoms. The van der Waals surface area contributed by atoms with Crippen LogP contribution >= 0.6 is 0 Å². The molecule has 0 saturated heterocycles. The third-order valence-electron chi connectivity index (χ3n) is 1.58. The number of amides is 1. The molecule has 2 atom stereocenters. The SMILES string of the molecule is C[S@](=O)CCC(C=O)NC(=O)OC(C)(C)C. The summed E-state index contributed by atoms with van der Waals surface area (Å²) in [5.74, 6) is 0.374. The van der Waals surface area contributed by atoms with Gasteiger partial charge in [0.1, 0.15) is 11.9 Å². The molecule has 6 heteroatoms. The molecule has 0 aliphatic rings. The molecule has 0 aromatic carbocycles. The van der Waals surface area contributed by atoms with Gasteiger partial charge in [-0.3, -0.25) is 4.21 Å². The van der Waals surface area contributed by atoms with E-state index >= 15 is 0 Å². The number of hydrogen-bond acceptors (Lipinski definition) is 4. The van der Waals surface area contributed by atoms with E-state index in [0.717, 1.165) is 0 Å². The first-order valence-corrected chi connectivity index (χ1v) is 6.72. The lowest BCUT2D eigenvalue weighted by Gasteiger charge is -2.21. The van der Waals surface area contributed by atoms with E-state index in [1.54, 1.807) is 27.0 Å². The molecule has 0 rings (SSSR count). The van der Waals surface area contributed by atoms with E-state index in [9.17, 15) is 13.8 Å². The quantitative estimate of drug-likeness (QED) is 0.733. The van der Waals surface area contributed by atoms with Crippen molar-refractivity contribution in [3.8, 4) is 0 Å². The third-order valence-corrected chi connectivity index (χ3v) is 2.39. The van der Waals surface area contributed by atoms with E-state index in [1.807, 2.05) is 0 Å². The fourth-order valence-corrected chi connectivity index (χ4v) is 1.51. The Morgan fingerprint density at radius 2 is 2.06 bits per heavy atom. The fraction of sp³-hybridized carbons (Fsp3) is 0.800. The van der Waals surface area contributed by atoms with Crippen molar-refractivity contribution in [2.45, 2.75) is 38.8 Å². The minimum Gasteiger partial charge on any atom is -0.444 e. The average molecular weight is 249 g/mol. The summed E-state index contributed by atoms with van der Waals surface area (Å²) >= 11 is 0. The van der Waals surface area contributed by atoms with Crippen molar-refractivity contribution >= 4 is 23.2 Å². The monoisotopic (exact) mass is 249 g/mol. The molecule has 0 aromatic heterocycles. The number of nitrogens with one attached hydrogen (secondary N) is 1. The van der Waals surface area contributed by atoms with Crippen LogP contribution in [0.5, 0.6) is 0 Å². The standard InChI is InChI=1S/C10H19NO4S/c1-10(2,3)15-9(13)11-8(7-12)5-6-16(4)14/h7-8H,5-6H2,1-4H3,(H,11,13)/t8?,16-/m0/s1. The summed E-state index contributed by atoms with van der Waals surface area (Å²) in [7, 11) is -0.973. The summed E-state index contributed by atoms with van der Waals surface area (Å²) in [6.07, 6.45) is 1.89. The highest BCUT2D eigenvalue weighted by Gasteiger charge is 2.19. The molecule has 1 unspecified atom stereocenters. The maximum absolute atomic E-state index is 11.3. The second-order valence-electron chi connectivity index (χ2n) is 4.45. The molecule has 1 amide bonds. The van der Waals surface area contributed by atoms with Crippen molar-refractivity contribution in [2.75, 3.05) is 12.0 Å². The van der Waals surface area contributed by atoms with Crippen LogP contribution in [0.4, 0.5) is 4.79 Å². The van der Waals surface area contributed by atoms with Gasteiger partial charge in [0.15, 0.2) is 0 Å². The van der Waals surface area contributed by atoms with E-state index in [-0.39, 0.29) is 0 Å². The van der Waals surface area contributed by atoms with Crippen molar-refractivity contribution in [3.63, 3.8) is 0 Å². The number of rotatable bonds is 5. The summed E-state index contributed by atoms with van der Waals surface area (Å²) in [5, 5.41) is 2.41. The van der Waals surface area contributed by atoms with E-state index in [0.29, 0.717) is 18.5 Å². The maximum Gasteiger partial charge on any atom is 0.408 e. The Hall–Kier alpha value is -0.910. The van der Waals surface area contributed by atoms with E-state index < -0.39 is 28.5 Å². The molecule has 0 saturated carbocycles. The number of alkyl carbamates (subject to hydrolysis) is 1. The van der Waals surface area contributed by atoms with Gasteiger partial charge in [-0.25, -0.2) is 4.79 Å². The van der Waals surface area contributed by atoms with E-state index in [2.05, 4.69) is 5.32 Å². The second kappa shape index (κ2) is 6.62. The van der Waals surface area contributed by atoms with Crippen LogP contribution in [0.1, 0.15) is 27.2 Å². The van der Waals surface area contributed by atoms with E-state index in [1.165, 1.54) is 0 Å². The van der Waals surface area contributed by atoms with E-state index in [4.69, 9.17) is 4.74 Å².